The van der Waals surface area contributed by atoms with E-state index in [9.17, 15) is 22.7 Å². The molecule has 1 aromatic carbocycles. The summed E-state index contributed by atoms with van der Waals surface area (Å²) in [5, 5.41) is 14.0. The summed E-state index contributed by atoms with van der Waals surface area (Å²) in [5.41, 5.74) is -2.40. The smallest absolute Gasteiger partial charge is 0.418 e. The molecule has 2 aliphatic heterocycles. The summed E-state index contributed by atoms with van der Waals surface area (Å²) in [4.78, 5) is 1.32. The second kappa shape index (κ2) is 7.65. The third kappa shape index (κ3) is 4.33. The standard InChI is InChI=1S/C22H26F4N2O2/c1-14-9-15-7-8-28(11-18(15)27-14)13-21(29,22(24,25)26)12-20(2,3)17-10-16(23)5-6-19(17)30-4/h5-11,14,27,29H,12-13H2,1-4H3. The summed E-state index contributed by atoms with van der Waals surface area (Å²) in [6.07, 6.45) is 1.18. The maximum absolute atomic E-state index is 14.0. The van der Waals surface area contributed by atoms with Gasteiger partial charge in [0, 0.05) is 24.0 Å². The van der Waals surface area contributed by atoms with Crippen molar-refractivity contribution in [3.63, 3.8) is 0 Å². The number of hydrogen-bond acceptors (Lipinski definition) is 4. The third-order valence-electron chi connectivity index (χ3n) is 5.46. The Bertz CT molecular complexity index is 905. The van der Waals surface area contributed by atoms with Gasteiger partial charge in [0.05, 0.1) is 19.4 Å². The van der Waals surface area contributed by atoms with Crippen molar-refractivity contribution >= 4 is 0 Å². The van der Waals surface area contributed by atoms with Crippen LogP contribution in [-0.2, 0) is 5.41 Å². The van der Waals surface area contributed by atoms with E-state index in [4.69, 9.17) is 4.74 Å². The Hall–Kier alpha value is -2.48. The lowest BCUT2D eigenvalue weighted by molar-refractivity contribution is -0.268. The molecule has 2 unspecified atom stereocenters. The number of benzene rings is 1. The normalized spacial score (nSPS) is 20.8. The van der Waals surface area contributed by atoms with Crippen LogP contribution in [-0.4, -0.2) is 41.5 Å². The predicted molar refractivity (Wildman–Crippen MR) is 106 cm³/mol. The van der Waals surface area contributed by atoms with Crippen LogP contribution in [0.1, 0.15) is 32.8 Å². The van der Waals surface area contributed by atoms with Gasteiger partial charge in [0.25, 0.3) is 0 Å². The minimum Gasteiger partial charge on any atom is -0.496 e. The van der Waals surface area contributed by atoms with Crippen molar-refractivity contribution in [3.05, 3.63) is 65.4 Å². The van der Waals surface area contributed by atoms with Crippen molar-refractivity contribution in [2.45, 2.75) is 50.4 Å². The highest BCUT2D eigenvalue weighted by Crippen LogP contribution is 2.44. The van der Waals surface area contributed by atoms with Crippen molar-refractivity contribution in [1.82, 2.24) is 10.2 Å². The quantitative estimate of drug-likeness (QED) is 0.663. The zero-order valence-electron chi connectivity index (χ0n) is 17.3. The minimum atomic E-state index is -4.90. The molecule has 0 fully saturated rings. The van der Waals surface area contributed by atoms with Crippen LogP contribution in [0.4, 0.5) is 17.6 Å². The number of methoxy groups -OCH3 is 1. The fourth-order valence-corrected chi connectivity index (χ4v) is 4.05. The summed E-state index contributed by atoms with van der Waals surface area (Å²) in [5.74, 6) is -0.316. The maximum atomic E-state index is 14.0. The number of halogens is 4. The van der Waals surface area contributed by atoms with E-state index in [1.165, 1.54) is 44.2 Å². The number of nitrogens with one attached hydrogen (secondary N) is 1. The summed E-state index contributed by atoms with van der Waals surface area (Å²) in [6, 6.07) is 3.79. The largest absolute Gasteiger partial charge is 0.496 e. The molecular formula is C22H26F4N2O2. The van der Waals surface area contributed by atoms with E-state index in [0.717, 1.165) is 11.6 Å². The lowest BCUT2D eigenvalue weighted by Gasteiger charge is -2.40. The lowest BCUT2D eigenvalue weighted by atomic mass is 9.74. The second-order valence-corrected chi connectivity index (χ2v) is 8.52. The highest BCUT2D eigenvalue weighted by Gasteiger charge is 2.56. The number of fused-ring (bicyclic) bond motifs is 1. The fraction of sp³-hybridized carbons (Fsp3) is 0.455. The zero-order valence-corrected chi connectivity index (χ0v) is 17.3. The van der Waals surface area contributed by atoms with Crippen LogP contribution < -0.4 is 10.1 Å². The van der Waals surface area contributed by atoms with E-state index in [1.54, 1.807) is 12.3 Å². The maximum Gasteiger partial charge on any atom is 0.418 e. The Morgan fingerprint density at radius 1 is 1.23 bits per heavy atom. The summed E-state index contributed by atoms with van der Waals surface area (Å²) < 4.78 is 61.2. The van der Waals surface area contributed by atoms with Crippen LogP contribution in [0, 0.1) is 5.82 Å². The van der Waals surface area contributed by atoms with Crippen molar-refractivity contribution in [3.8, 4) is 5.75 Å². The van der Waals surface area contributed by atoms with E-state index < -0.39 is 36.0 Å². The number of ether oxygens (including phenoxy) is 1. The first kappa shape index (κ1) is 22.2. The van der Waals surface area contributed by atoms with E-state index in [1.807, 2.05) is 13.0 Å². The van der Waals surface area contributed by atoms with Gasteiger partial charge in [-0.2, -0.15) is 13.2 Å². The molecule has 164 valence electrons. The van der Waals surface area contributed by atoms with E-state index in [0.29, 0.717) is 5.70 Å². The van der Waals surface area contributed by atoms with Crippen LogP contribution in [0.2, 0.25) is 0 Å². The Morgan fingerprint density at radius 3 is 2.57 bits per heavy atom. The average Bonchev–Trinajstić information content (AvgIpc) is 2.99. The van der Waals surface area contributed by atoms with Crippen molar-refractivity contribution in [1.29, 1.82) is 0 Å². The Kier molecular flexibility index (Phi) is 5.66. The predicted octanol–water partition coefficient (Wildman–Crippen LogP) is 4.38. The molecule has 8 heteroatoms. The molecule has 0 aromatic heterocycles. The molecule has 0 amide bonds. The molecule has 0 aliphatic carbocycles. The Morgan fingerprint density at radius 2 is 1.93 bits per heavy atom. The first-order valence-electron chi connectivity index (χ1n) is 9.62. The van der Waals surface area contributed by atoms with Gasteiger partial charge in [0.1, 0.15) is 11.6 Å². The number of alkyl halides is 3. The molecule has 0 spiro atoms. The molecule has 0 radical (unpaired) electrons. The summed E-state index contributed by atoms with van der Waals surface area (Å²) >= 11 is 0. The van der Waals surface area contributed by atoms with Crippen LogP contribution >= 0.6 is 0 Å². The molecule has 0 bridgehead atoms. The van der Waals surface area contributed by atoms with Gasteiger partial charge in [-0.3, -0.25) is 0 Å². The van der Waals surface area contributed by atoms with E-state index >= 15 is 0 Å². The molecule has 2 aliphatic rings. The van der Waals surface area contributed by atoms with Gasteiger partial charge < -0.3 is 20.1 Å². The molecule has 30 heavy (non-hydrogen) atoms. The van der Waals surface area contributed by atoms with Gasteiger partial charge in [-0.25, -0.2) is 4.39 Å². The van der Waals surface area contributed by atoms with Crippen LogP contribution in [0.3, 0.4) is 0 Å². The van der Waals surface area contributed by atoms with Crippen LogP contribution in [0.15, 0.2) is 54.0 Å². The number of β-amino-alcohol motifs (C(OH)–C–C–N with tert-alkyl or cyclic N) is 1. The van der Waals surface area contributed by atoms with Crippen LogP contribution in [0.25, 0.3) is 0 Å². The number of rotatable bonds is 6. The third-order valence-corrected chi connectivity index (χ3v) is 5.46. The molecule has 2 atom stereocenters. The molecule has 2 N–H and O–H groups in total. The van der Waals surface area contributed by atoms with Crippen molar-refractivity contribution < 1.29 is 27.4 Å². The first-order chi connectivity index (χ1) is 13.8. The second-order valence-electron chi connectivity index (χ2n) is 8.52. The summed E-state index contributed by atoms with van der Waals surface area (Å²) in [7, 11) is 1.37. The monoisotopic (exact) mass is 426 g/mol. The van der Waals surface area contributed by atoms with Gasteiger partial charge in [-0.05, 0) is 48.6 Å². The van der Waals surface area contributed by atoms with Crippen molar-refractivity contribution in [2.75, 3.05) is 13.7 Å². The SMILES string of the molecule is COc1ccc(F)cc1C(C)(C)CC(O)(CN1C=CC2=CC(C)NC2=C1)C(F)(F)F. The zero-order chi connectivity index (χ0) is 22.3. The molecule has 0 saturated heterocycles. The van der Waals surface area contributed by atoms with Gasteiger partial charge in [0.15, 0.2) is 5.60 Å². The number of nitrogens with zero attached hydrogens (tertiary/aromatic N) is 1. The fourth-order valence-electron chi connectivity index (χ4n) is 4.05. The van der Waals surface area contributed by atoms with Crippen LogP contribution in [0.5, 0.6) is 5.75 Å². The highest BCUT2D eigenvalue weighted by atomic mass is 19.4. The van der Waals surface area contributed by atoms with Gasteiger partial charge in [-0.15, -0.1) is 0 Å². The topological polar surface area (TPSA) is 44.7 Å². The number of hydrogen-bond donors (Lipinski definition) is 2. The Balaban J connectivity index is 1.90. The highest BCUT2D eigenvalue weighted by molar-refractivity contribution is 5.46. The Labute approximate surface area is 173 Å². The molecule has 0 saturated carbocycles. The van der Waals surface area contributed by atoms with Crippen molar-refractivity contribution in [2.24, 2.45) is 0 Å². The van der Waals surface area contributed by atoms with Gasteiger partial charge >= 0.3 is 6.18 Å². The van der Waals surface area contributed by atoms with Gasteiger partial charge in [-0.1, -0.05) is 19.9 Å². The first-order valence-corrected chi connectivity index (χ1v) is 9.62. The average molecular weight is 426 g/mol. The lowest BCUT2D eigenvalue weighted by Crippen LogP contribution is -2.55. The molecule has 3 rings (SSSR count). The number of aliphatic hydroxyl groups is 1. The van der Waals surface area contributed by atoms with E-state index in [2.05, 4.69) is 5.32 Å². The van der Waals surface area contributed by atoms with Gasteiger partial charge in [0.2, 0.25) is 0 Å². The molecule has 2 heterocycles. The number of allylic oxidation sites excluding steroid dienone is 1. The van der Waals surface area contributed by atoms with E-state index in [-0.39, 0.29) is 17.4 Å². The minimum absolute atomic E-state index is 0.0803. The summed E-state index contributed by atoms with van der Waals surface area (Å²) in [6.45, 7) is 4.31. The molecule has 4 nitrogen and oxygen atoms in total. The molecular weight excluding hydrogens is 400 g/mol. The molecule has 1 aromatic rings.